The van der Waals surface area contributed by atoms with Crippen LogP contribution in [0.15, 0.2) is 0 Å². The zero-order chi connectivity index (χ0) is 32.1. The lowest BCUT2D eigenvalue weighted by Gasteiger charge is -2.62. The molecule has 0 atom stereocenters. The van der Waals surface area contributed by atoms with E-state index in [2.05, 4.69) is 138 Å². The third kappa shape index (κ3) is 6.76. The van der Waals surface area contributed by atoms with E-state index in [0.717, 1.165) is 30.2 Å². The predicted octanol–water partition coefficient (Wildman–Crippen LogP) is 11.4. The second-order valence-corrected chi connectivity index (χ2v) is 39.9. The molecule has 1 fully saturated rings. The van der Waals surface area contributed by atoms with E-state index in [4.69, 9.17) is 20.6 Å². The fraction of sp³-hybridized carbons (Fsp3) is 1.00. The topological polar surface area (TPSA) is 46.2 Å². The van der Waals surface area contributed by atoms with Crippen molar-refractivity contribution >= 4 is 42.8 Å². The summed E-state index contributed by atoms with van der Waals surface area (Å²) < 4.78 is 39.4. The Labute approximate surface area is 256 Å². The van der Waals surface area contributed by atoms with Gasteiger partial charge in [0, 0.05) is 25.2 Å². The number of rotatable bonds is 5. The quantitative estimate of drug-likeness (QED) is 0.277. The fourth-order valence-electron chi connectivity index (χ4n) is 6.34. The molecule has 0 spiro atoms. The molecular weight excluding hydrogens is 581 g/mol. The molecule has 0 saturated carbocycles. The first kappa shape index (κ1) is 38.9. The van der Waals surface area contributed by atoms with Crippen molar-refractivity contribution < 1.29 is 20.6 Å². The third-order valence-electron chi connectivity index (χ3n) is 9.69. The van der Waals surface area contributed by atoms with Crippen molar-refractivity contribution in [2.45, 2.75) is 194 Å². The Morgan fingerprint density at radius 1 is 0.275 bits per heavy atom. The molecule has 0 aromatic heterocycles. The van der Waals surface area contributed by atoms with E-state index in [1.54, 1.807) is 0 Å². The Bertz CT molecular complexity index is 670. The van der Waals surface area contributed by atoms with E-state index in [1.807, 2.05) is 0 Å². The fourth-order valence-corrected chi connectivity index (χ4v) is 43.0. The Kier molecular flexibility index (Phi) is 11.7. The van der Waals surface area contributed by atoms with Crippen LogP contribution in [0.3, 0.4) is 0 Å². The predicted molar refractivity (Wildman–Crippen MR) is 185 cm³/mol. The van der Waals surface area contributed by atoms with Gasteiger partial charge in [0.1, 0.15) is 0 Å². The standard InChI is InChI=1S/C30H70O5Si5/c1-21-36(26(6,7)8)31-37(22-2,27(9,10)11)33-39(24-4,29(15,16)17)35-40(25-5,30(18,19)20)34-38(23-3,32-36)28(12,13)14/h21-25H2,1-20H3. The smallest absolute Gasteiger partial charge is 0.325 e. The van der Waals surface area contributed by atoms with Crippen LogP contribution in [-0.2, 0) is 20.6 Å². The summed E-state index contributed by atoms with van der Waals surface area (Å²) in [5.74, 6) is 0. The lowest BCUT2D eigenvalue weighted by Crippen LogP contribution is -2.76. The largest absolute Gasteiger partial charge is 0.415 e. The third-order valence-corrected chi connectivity index (χ3v) is 39.0. The molecule has 1 saturated heterocycles. The number of hydrogen-bond donors (Lipinski definition) is 0. The van der Waals surface area contributed by atoms with Gasteiger partial charge in [0.05, 0.1) is 0 Å². The van der Waals surface area contributed by atoms with Crippen molar-refractivity contribution in [2.24, 2.45) is 0 Å². The molecule has 1 rings (SSSR count). The minimum atomic E-state index is -2.93. The Morgan fingerprint density at radius 3 is 0.425 bits per heavy atom. The van der Waals surface area contributed by atoms with Gasteiger partial charge in [-0.3, -0.25) is 0 Å². The molecule has 0 radical (unpaired) electrons. The Hall–Kier alpha value is 0.884. The highest BCUT2D eigenvalue weighted by molar-refractivity contribution is 6.97. The Balaban J connectivity index is 4.58. The van der Waals surface area contributed by atoms with E-state index < -0.39 is 42.8 Å². The molecule has 0 N–H and O–H groups in total. The van der Waals surface area contributed by atoms with Gasteiger partial charge < -0.3 is 20.6 Å². The van der Waals surface area contributed by atoms with Gasteiger partial charge in [-0.15, -0.1) is 0 Å². The van der Waals surface area contributed by atoms with Gasteiger partial charge in [-0.1, -0.05) is 138 Å². The van der Waals surface area contributed by atoms with Crippen LogP contribution in [0, 0.1) is 0 Å². The molecule has 0 aliphatic carbocycles. The second-order valence-electron chi connectivity index (χ2n) is 17.3. The monoisotopic (exact) mass is 650 g/mol. The molecule has 1 heterocycles. The van der Waals surface area contributed by atoms with E-state index >= 15 is 0 Å². The molecular formula is C30H70O5Si5. The van der Waals surface area contributed by atoms with Crippen molar-refractivity contribution in [3.05, 3.63) is 0 Å². The molecule has 0 aromatic carbocycles. The number of hydrogen-bond acceptors (Lipinski definition) is 5. The maximum Gasteiger partial charge on any atom is 0.325 e. The summed E-state index contributed by atoms with van der Waals surface area (Å²) in [6.45, 7) is 46.5. The summed E-state index contributed by atoms with van der Waals surface area (Å²) in [6.07, 6.45) is 0. The van der Waals surface area contributed by atoms with Crippen LogP contribution in [0.1, 0.15) is 138 Å². The molecule has 1 aliphatic heterocycles. The highest BCUT2D eigenvalue weighted by atomic mass is 28.5. The van der Waals surface area contributed by atoms with E-state index in [1.165, 1.54) is 0 Å². The molecule has 0 amide bonds. The van der Waals surface area contributed by atoms with E-state index in [9.17, 15) is 0 Å². The summed E-state index contributed by atoms with van der Waals surface area (Å²) in [5.41, 5.74) is 0. The first-order valence-electron chi connectivity index (χ1n) is 16.1. The minimum absolute atomic E-state index is 0.164. The van der Waals surface area contributed by atoms with Gasteiger partial charge in [-0.05, 0) is 30.2 Å². The highest BCUT2D eigenvalue weighted by Crippen LogP contribution is 2.59. The molecule has 0 bridgehead atoms. The summed E-state index contributed by atoms with van der Waals surface area (Å²) in [6, 6.07) is 4.34. The molecule has 10 heteroatoms. The van der Waals surface area contributed by atoms with Crippen LogP contribution in [-0.4, -0.2) is 42.8 Å². The van der Waals surface area contributed by atoms with Crippen LogP contribution < -0.4 is 0 Å². The molecule has 240 valence electrons. The van der Waals surface area contributed by atoms with E-state index in [-0.39, 0.29) is 25.2 Å². The maximum atomic E-state index is 7.88. The first-order valence-corrected chi connectivity index (χ1v) is 26.2. The van der Waals surface area contributed by atoms with Crippen molar-refractivity contribution in [2.75, 3.05) is 0 Å². The SMILES string of the molecule is CC[Si]1(C(C)(C)C)O[Si](CC)(C(C)(C)C)O[Si](CC)(C(C)(C)C)O[Si](CC)(C(C)(C)C)O[Si](CC)(C(C)(C)C)O1. The summed E-state index contributed by atoms with van der Waals surface area (Å²) in [5, 5.41) is -0.822. The van der Waals surface area contributed by atoms with Crippen molar-refractivity contribution in [1.82, 2.24) is 0 Å². The second kappa shape index (κ2) is 12.0. The van der Waals surface area contributed by atoms with Gasteiger partial charge in [0.2, 0.25) is 0 Å². The summed E-state index contributed by atoms with van der Waals surface area (Å²) >= 11 is 0. The lowest BCUT2D eigenvalue weighted by molar-refractivity contribution is 0.161. The average molecular weight is 651 g/mol. The zero-order valence-electron chi connectivity index (χ0n) is 30.6. The van der Waals surface area contributed by atoms with Gasteiger partial charge in [0.15, 0.2) is 0 Å². The highest BCUT2D eigenvalue weighted by Gasteiger charge is 2.71. The zero-order valence-corrected chi connectivity index (χ0v) is 35.6. The maximum absolute atomic E-state index is 7.88. The van der Waals surface area contributed by atoms with Crippen LogP contribution >= 0.6 is 0 Å². The van der Waals surface area contributed by atoms with Crippen LogP contribution in [0.2, 0.25) is 55.4 Å². The van der Waals surface area contributed by atoms with E-state index in [0.29, 0.717) is 0 Å². The molecule has 0 unspecified atom stereocenters. The molecule has 5 nitrogen and oxygen atoms in total. The van der Waals surface area contributed by atoms with Gasteiger partial charge in [0.25, 0.3) is 0 Å². The summed E-state index contributed by atoms with van der Waals surface area (Å²) in [4.78, 5) is 0. The van der Waals surface area contributed by atoms with Crippen molar-refractivity contribution in [3.63, 3.8) is 0 Å². The van der Waals surface area contributed by atoms with Crippen LogP contribution in [0.4, 0.5) is 0 Å². The molecule has 0 aromatic rings. The van der Waals surface area contributed by atoms with Gasteiger partial charge in [-0.25, -0.2) is 0 Å². The molecule has 40 heavy (non-hydrogen) atoms. The van der Waals surface area contributed by atoms with Gasteiger partial charge >= 0.3 is 42.8 Å². The van der Waals surface area contributed by atoms with Gasteiger partial charge in [-0.2, -0.15) is 0 Å². The first-order chi connectivity index (χ1) is 17.6. The minimum Gasteiger partial charge on any atom is -0.415 e. The molecule has 1 aliphatic rings. The van der Waals surface area contributed by atoms with Crippen molar-refractivity contribution in [3.8, 4) is 0 Å². The normalized spacial score (nSPS) is 36.0. The average Bonchev–Trinajstić information content (AvgIpc) is 2.77. The lowest BCUT2D eigenvalue weighted by atomic mass is 10.2. The van der Waals surface area contributed by atoms with Crippen LogP contribution in [0.5, 0.6) is 0 Å². The Morgan fingerprint density at radius 2 is 0.375 bits per heavy atom. The van der Waals surface area contributed by atoms with Crippen LogP contribution in [0.25, 0.3) is 0 Å². The summed E-state index contributed by atoms with van der Waals surface area (Å²) in [7, 11) is -14.7. The van der Waals surface area contributed by atoms with Crippen molar-refractivity contribution in [1.29, 1.82) is 0 Å².